The SMILES string of the molecule is CCCNC(CN(CC)C(C)C)(C(=O)OCC)C1CC1. The first-order chi connectivity index (χ1) is 9.51. The van der Waals surface area contributed by atoms with Gasteiger partial charge in [0.2, 0.25) is 0 Å². The first-order valence-corrected chi connectivity index (χ1v) is 8.18. The quantitative estimate of drug-likeness (QED) is 0.626. The fourth-order valence-corrected chi connectivity index (χ4v) is 2.80. The van der Waals surface area contributed by atoms with Crippen molar-refractivity contribution in [2.45, 2.75) is 65.5 Å². The molecule has 0 radical (unpaired) electrons. The molecule has 118 valence electrons. The van der Waals surface area contributed by atoms with E-state index in [4.69, 9.17) is 4.74 Å². The van der Waals surface area contributed by atoms with Gasteiger partial charge in [0.25, 0.3) is 0 Å². The molecule has 1 unspecified atom stereocenters. The second-order valence-electron chi connectivity index (χ2n) is 6.05. The van der Waals surface area contributed by atoms with Gasteiger partial charge in [0, 0.05) is 12.6 Å². The van der Waals surface area contributed by atoms with Crippen molar-refractivity contribution in [1.82, 2.24) is 10.2 Å². The maximum Gasteiger partial charge on any atom is 0.327 e. The van der Waals surface area contributed by atoms with Crippen molar-refractivity contribution >= 4 is 5.97 Å². The van der Waals surface area contributed by atoms with Gasteiger partial charge in [-0.15, -0.1) is 0 Å². The van der Waals surface area contributed by atoms with Crippen LogP contribution in [0.3, 0.4) is 0 Å². The minimum atomic E-state index is -0.508. The van der Waals surface area contributed by atoms with E-state index < -0.39 is 5.54 Å². The smallest absolute Gasteiger partial charge is 0.327 e. The fraction of sp³-hybridized carbons (Fsp3) is 0.938. The van der Waals surface area contributed by atoms with Crippen LogP contribution in [0.1, 0.15) is 53.9 Å². The highest BCUT2D eigenvalue weighted by Crippen LogP contribution is 2.41. The van der Waals surface area contributed by atoms with Crippen LogP contribution in [0.5, 0.6) is 0 Å². The molecule has 4 heteroatoms. The summed E-state index contributed by atoms with van der Waals surface area (Å²) < 4.78 is 5.40. The number of nitrogens with zero attached hydrogens (tertiary/aromatic N) is 1. The van der Waals surface area contributed by atoms with E-state index in [0.717, 1.165) is 38.9 Å². The number of likely N-dealkylation sites (N-methyl/N-ethyl adjacent to an activating group) is 1. The fourth-order valence-electron chi connectivity index (χ4n) is 2.80. The summed E-state index contributed by atoms with van der Waals surface area (Å²) in [6.45, 7) is 13.6. The van der Waals surface area contributed by atoms with Crippen LogP contribution in [-0.4, -0.2) is 48.7 Å². The maximum absolute atomic E-state index is 12.6. The molecule has 1 fully saturated rings. The molecule has 0 saturated heterocycles. The van der Waals surface area contributed by atoms with E-state index in [1.807, 2.05) is 6.92 Å². The van der Waals surface area contributed by atoms with E-state index >= 15 is 0 Å². The minimum absolute atomic E-state index is 0.0601. The summed E-state index contributed by atoms with van der Waals surface area (Å²) in [4.78, 5) is 15.0. The molecule has 1 saturated carbocycles. The molecule has 0 spiro atoms. The van der Waals surface area contributed by atoms with Crippen LogP contribution in [0.4, 0.5) is 0 Å². The van der Waals surface area contributed by atoms with E-state index in [1.165, 1.54) is 0 Å². The summed E-state index contributed by atoms with van der Waals surface area (Å²) in [7, 11) is 0. The third kappa shape index (κ3) is 4.19. The van der Waals surface area contributed by atoms with Gasteiger partial charge in [0.05, 0.1) is 6.61 Å². The molecule has 0 aromatic carbocycles. The Labute approximate surface area is 124 Å². The van der Waals surface area contributed by atoms with Gasteiger partial charge >= 0.3 is 5.97 Å². The third-order valence-electron chi connectivity index (χ3n) is 4.19. The highest BCUT2D eigenvalue weighted by molar-refractivity contribution is 5.82. The van der Waals surface area contributed by atoms with Gasteiger partial charge in [0.1, 0.15) is 5.54 Å². The highest BCUT2D eigenvalue weighted by atomic mass is 16.5. The summed E-state index contributed by atoms with van der Waals surface area (Å²) in [6, 6.07) is 0.441. The molecule has 0 bridgehead atoms. The number of carbonyl (C=O) groups is 1. The van der Waals surface area contributed by atoms with E-state index in [1.54, 1.807) is 0 Å². The van der Waals surface area contributed by atoms with Crippen molar-refractivity contribution in [1.29, 1.82) is 0 Å². The standard InChI is InChI=1S/C16H32N2O2/c1-6-11-17-16(14-9-10-14,15(19)20-8-3)12-18(7-2)13(4)5/h13-14,17H,6-12H2,1-5H3. The van der Waals surface area contributed by atoms with Crippen molar-refractivity contribution in [2.75, 3.05) is 26.2 Å². The van der Waals surface area contributed by atoms with E-state index in [-0.39, 0.29) is 5.97 Å². The lowest BCUT2D eigenvalue weighted by Crippen LogP contribution is -2.62. The number of hydrogen-bond donors (Lipinski definition) is 1. The molecule has 20 heavy (non-hydrogen) atoms. The molecular formula is C16H32N2O2. The summed E-state index contributed by atoms with van der Waals surface area (Å²) >= 11 is 0. The lowest BCUT2D eigenvalue weighted by atomic mass is 9.91. The highest BCUT2D eigenvalue weighted by Gasteiger charge is 2.52. The number of hydrogen-bond acceptors (Lipinski definition) is 4. The van der Waals surface area contributed by atoms with Gasteiger partial charge in [-0.3, -0.25) is 4.90 Å². The molecular weight excluding hydrogens is 252 g/mol. The number of carbonyl (C=O) groups excluding carboxylic acids is 1. The molecule has 0 aromatic rings. The topological polar surface area (TPSA) is 41.6 Å². The zero-order chi connectivity index (χ0) is 15.2. The minimum Gasteiger partial charge on any atom is -0.465 e. The Balaban J connectivity index is 2.92. The average Bonchev–Trinajstić information content (AvgIpc) is 3.24. The van der Waals surface area contributed by atoms with Crippen LogP contribution >= 0.6 is 0 Å². The summed E-state index contributed by atoms with van der Waals surface area (Å²) in [5.41, 5.74) is -0.508. The number of esters is 1. The predicted octanol–water partition coefficient (Wildman–Crippen LogP) is 2.43. The van der Waals surface area contributed by atoms with Crippen LogP contribution in [0.2, 0.25) is 0 Å². The third-order valence-corrected chi connectivity index (χ3v) is 4.19. The Kier molecular flexibility index (Phi) is 6.96. The Morgan fingerprint density at radius 1 is 1.35 bits per heavy atom. The largest absolute Gasteiger partial charge is 0.465 e. The van der Waals surface area contributed by atoms with Crippen LogP contribution in [0.15, 0.2) is 0 Å². The molecule has 4 nitrogen and oxygen atoms in total. The van der Waals surface area contributed by atoms with Crippen molar-refractivity contribution in [3.63, 3.8) is 0 Å². The first-order valence-electron chi connectivity index (χ1n) is 8.18. The van der Waals surface area contributed by atoms with E-state index in [9.17, 15) is 4.79 Å². The van der Waals surface area contributed by atoms with Crippen LogP contribution < -0.4 is 5.32 Å². The van der Waals surface area contributed by atoms with Crippen molar-refractivity contribution < 1.29 is 9.53 Å². The van der Waals surface area contributed by atoms with Gasteiger partial charge in [-0.05, 0) is 59.0 Å². The molecule has 0 amide bonds. The Morgan fingerprint density at radius 3 is 2.40 bits per heavy atom. The predicted molar refractivity (Wildman–Crippen MR) is 82.8 cm³/mol. The Morgan fingerprint density at radius 2 is 2.00 bits per heavy atom. The number of nitrogens with one attached hydrogen (secondary N) is 1. The van der Waals surface area contributed by atoms with Gasteiger partial charge in [-0.2, -0.15) is 0 Å². The average molecular weight is 284 g/mol. The molecule has 0 aromatic heterocycles. The molecule has 1 aliphatic rings. The normalized spacial score (nSPS) is 18.4. The number of rotatable bonds is 10. The lowest BCUT2D eigenvalue weighted by molar-refractivity contribution is -0.153. The van der Waals surface area contributed by atoms with Gasteiger partial charge in [0.15, 0.2) is 0 Å². The van der Waals surface area contributed by atoms with Crippen molar-refractivity contribution in [3.05, 3.63) is 0 Å². The second-order valence-corrected chi connectivity index (χ2v) is 6.05. The summed E-state index contributed by atoms with van der Waals surface area (Å²) in [5.74, 6) is 0.371. The van der Waals surface area contributed by atoms with Gasteiger partial charge < -0.3 is 10.1 Å². The van der Waals surface area contributed by atoms with Crippen molar-refractivity contribution in [3.8, 4) is 0 Å². The van der Waals surface area contributed by atoms with Crippen molar-refractivity contribution in [2.24, 2.45) is 5.92 Å². The van der Waals surface area contributed by atoms with Crippen LogP contribution in [0, 0.1) is 5.92 Å². The summed E-state index contributed by atoms with van der Waals surface area (Å²) in [5, 5.41) is 3.53. The van der Waals surface area contributed by atoms with Crippen LogP contribution in [0.25, 0.3) is 0 Å². The monoisotopic (exact) mass is 284 g/mol. The van der Waals surface area contributed by atoms with Crippen LogP contribution in [-0.2, 0) is 9.53 Å². The molecule has 0 aliphatic heterocycles. The maximum atomic E-state index is 12.6. The molecule has 1 rings (SSSR count). The Hall–Kier alpha value is -0.610. The zero-order valence-corrected chi connectivity index (χ0v) is 13.9. The lowest BCUT2D eigenvalue weighted by Gasteiger charge is -2.39. The zero-order valence-electron chi connectivity index (χ0n) is 13.9. The summed E-state index contributed by atoms with van der Waals surface area (Å²) in [6.07, 6.45) is 3.29. The Bertz CT molecular complexity index is 303. The molecule has 0 heterocycles. The first kappa shape index (κ1) is 17.4. The molecule has 1 atom stereocenters. The molecule has 1 aliphatic carbocycles. The molecule has 1 N–H and O–H groups in total. The number of ether oxygens (including phenoxy) is 1. The van der Waals surface area contributed by atoms with E-state index in [0.29, 0.717) is 18.6 Å². The van der Waals surface area contributed by atoms with Gasteiger partial charge in [-0.1, -0.05) is 13.8 Å². The second kappa shape index (κ2) is 7.99. The van der Waals surface area contributed by atoms with Gasteiger partial charge in [-0.25, -0.2) is 4.79 Å². The van der Waals surface area contributed by atoms with E-state index in [2.05, 4.69) is 37.9 Å².